The Balaban J connectivity index is 3.92. The highest BCUT2D eigenvalue weighted by molar-refractivity contribution is 4.97. The molecule has 0 rings (SSSR count). The van der Waals surface area contributed by atoms with Gasteiger partial charge in [0.25, 0.3) is 0 Å². The molecule has 114 valence electrons. The molecule has 0 radical (unpaired) electrons. The highest BCUT2D eigenvalue weighted by atomic mass is 16.5. The summed E-state index contributed by atoms with van der Waals surface area (Å²) in [5.41, 5.74) is -0.159. The fraction of sp³-hybridized carbons (Fsp3) is 0.889. The van der Waals surface area contributed by atoms with Gasteiger partial charge in [0.2, 0.25) is 0 Å². The van der Waals surface area contributed by atoms with Crippen LogP contribution in [-0.2, 0) is 4.74 Å². The summed E-state index contributed by atoms with van der Waals surface area (Å²) in [6.07, 6.45) is 11.4. The predicted molar refractivity (Wildman–Crippen MR) is 86.5 cm³/mol. The van der Waals surface area contributed by atoms with E-state index in [0.29, 0.717) is 11.8 Å². The average Bonchev–Trinajstić information content (AvgIpc) is 2.39. The third-order valence-electron chi connectivity index (χ3n) is 4.10. The van der Waals surface area contributed by atoms with Crippen LogP contribution in [0, 0.1) is 11.8 Å². The largest absolute Gasteiger partial charge is 0.371 e. The first-order valence-corrected chi connectivity index (χ1v) is 8.23. The quantitative estimate of drug-likeness (QED) is 0.312. The number of hydrogen-bond donors (Lipinski definition) is 0. The maximum absolute atomic E-state index is 6.08. The maximum atomic E-state index is 6.08. The number of unbranched alkanes of at least 4 members (excludes halogenated alkanes) is 5. The normalized spacial score (nSPS) is 16.3. The van der Waals surface area contributed by atoms with Gasteiger partial charge in [0.1, 0.15) is 0 Å². The van der Waals surface area contributed by atoms with Gasteiger partial charge in [-0.1, -0.05) is 72.3 Å². The van der Waals surface area contributed by atoms with Crippen LogP contribution >= 0.6 is 0 Å². The number of ether oxygens (including phenoxy) is 1. The van der Waals surface area contributed by atoms with Crippen molar-refractivity contribution >= 4 is 0 Å². The molecule has 0 aliphatic carbocycles. The van der Waals surface area contributed by atoms with Crippen molar-refractivity contribution in [2.24, 2.45) is 11.8 Å². The molecule has 0 aromatic rings. The lowest BCUT2D eigenvalue weighted by Gasteiger charge is -2.33. The Labute approximate surface area is 121 Å². The summed E-state index contributed by atoms with van der Waals surface area (Å²) in [5, 5.41) is 0. The Kier molecular flexibility index (Phi) is 10.3. The van der Waals surface area contributed by atoms with Gasteiger partial charge in [0, 0.05) is 0 Å². The summed E-state index contributed by atoms with van der Waals surface area (Å²) in [5.74, 6) is 1.13. The second-order valence-electron chi connectivity index (χ2n) is 6.55. The summed E-state index contributed by atoms with van der Waals surface area (Å²) in [6.45, 7) is 15.9. The summed E-state index contributed by atoms with van der Waals surface area (Å²) < 4.78 is 6.08. The van der Waals surface area contributed by atoms with Crippen LogP contribution in [-0.4, -0.2) is 12.2 Å². The average molecular weight is 268 g/mol. The summed E-state index contributed by atoms with van der Waals surface area (Å²) >= 11 is 0. The standard InChI is InChI=1S/C18H36O/c1-7-9-10-11-12-13-14-17(5)18(6,8-2)19-15-16(3)4/h8,16-17H,2,7,9-15H2,1,3-6H3. The molecule has 0 aliphatic heterocycles. The van der Waals surface area contributed by atoms with Crippen molar-refractivity contribution in [3.63, 3.8) is 0 Å². The Morgan fingerprint density at radius 2 is 1.63 bits per heavy atom. The molecule has 2 unspecified atom stereocenters. The molecule has 0 aliphatic rings. The summed E-state index contributed by atoms with van der Waals surface area (Å²) in [6, 6.07) is 0. The van der Waals surface area contributed by atoms with Crippen molar-refractivity contribution < 1.29 is 4.74 Å². The molecule has 0 aromatic heterocycles. The summed E-state index contributed by atoms with van der Waals surface area (Å²) in [4.78, 5) is 0. The maximum Gasteiger partial charge on any atom is 0.0857 e. The minimum atomic E-state index is -0.159. The smallest absolute Gasteiger partial charge is 0.0857 e. The van der Waals surface area contributed by atoms with E-state index in [2.05, 4.69) is 41.2 Å². The van der Waals surface area contributed by atoms with E-state index in [1.165, 1.54) is 44.9 Å². The lowest BCUT2D eigenvalue weighted by Crippen LogP contribution is -2.35. The molecule has 19 heavy (non-hydrogen) atoms. The zero-order valence-corrected chi connectivity index (χ0v) is 14.0. The van der Waals surface area contributed by atoms with Crippen molar-refractivity contribution in [1.82, 2.24) is 0 Å². The SMILES string of the molecule is C=CC(C)(OCC(C)C)C(C)CCCCCCCC. The van der Waals surface area contributed by atoms with Crippen molar-refractivity contribution in [2.45, 2.75) is 85.2 Å². The van der Waals surface area contributed by atoms with E-state index in [0.717, 1.165) is 6.61 Å². The molecule has 0 saturated carbocycles. The molecule has 1 heteroatoms. The number of hydrogen-bond acceptors (Lipinski definition) is 1. The third-order valence-corrected chi connectivity index (χ3v) is 4.10. The van der Waals surface area contributed by atoms with E-state index in [1.807, 2.05) is 6.08 Å². The molecule has 2 atom stereocenters. The Morgan fingerprint density at radius 1 is 1.05 bits per heavy atom. The Morgan fingerprint density at radius 3 is 2.16 bits per heavy atom. The van der Waals surface area contributed by atoms with Crippen LogP contribution in [0.3, 0.4) is 0 Å². The van der Waals surface area contributed by atoms with Crippen molar-refractivity contribution in [2.75, 3.05) is 6.61 Å². The molecule has 0 fully saturated rings. The van der Waals surface area contributed by atoms with Gasteiger partial charge in [0.15, 0.2) is 0 Å². The second kappa shape index (κ2) is 10.5. The number of rotatable bonds is 12. The Hall–Kier alpha value is -0.300. The van der Waals surface area contributed by atoms with Crippen molar-refractivity contribution in [3.8, 4) is 0 Å². The van der Waals surface area contributed by atoms with Crippen LogP contribution in [0.25, 0.3) is 0 Å². The first kappa shape index (κ1) is 18.7. The van der Waals surface area contributed by atoms with Gasteiger partial charge in [-0.2, -0.15) is 0 Å². The van der Waals surface area contributed by atoms with Crippen LogP contribution < -0.4 is 0 Å². The van der Waals surface area contributed by atoms with Gasteiger partial charge < -0.3 is 4.74 Å². The van der Waals surface area contributed by atoms with E-state index < -0.39 is 0 Å². The third kappa shape index (κ3) is 8.47. The van der Waals surface area contributed by atoms with E-state index in [-0.39, 0.29) is 5.60 Å². The zero-order chi connectivity index (χ0) is 14.7. The van der Waals surface area contributed by atoms with Crippen molar-refractivity contribution in [1.29, 1.82) is 0 Å². The highest BCUT2D eigenvalue weighted by Crippen LogP contribution is 2.28. The van der Waals surface area contributed by atoms with Gasteiger partial charge in [-0.15, -0.1) is 6.58 Å². The molecule has 1 nitrogen and oxygen atoms in total. The minimum absolute atomic E-state index is 0.159. The molecule has 0 amide bonds. The molecule has 0 N–H and O–H groups in total. The monoisotopic (exact) mass is 268 g/mol. The first-order valence-electron chi connectivity index (χ1n) is 8.23. The molecule has 0 bridgehead atoms. The van der Waals surface area contributed by atoms with Gasteiger partial charge in [0.05, 0.1) is 12.2 Å². The highest BCUT2D eigenvalue weighted by Gasteiger charge is 2.28. The Bertz CT molecular complexity index is 222. The van der Waals surface area contributed by atoms with Gasteiger partial charge in [-0.3, -0.25) is 0 Å². The zero-order valence-electron chi connectivity index (χ0n) is 14.0. The second-order valence-corrected chi connectivity index (χ2v) is 6.55. The van der Waals surface area contributed by atoms with Gasteiger partial charge in [-0.25, -0.2) is 0 Å². The van der Waals surface area contributed by atoms with Crippen LogP contribution in [0.5, 0.6) is 0 Å². The molecule has 0 aromatic carbocycles. The van der Waals surface area contributed by atoms with E-state index in [9.17, 15) is 0 Å². The van der Waals surface area contributed by atoms with Crippen molar-refractivity contribution in [3.05, 3.63) is 12.7 Å². The lowest BCUT2D eigenvalue weighted by molar-refractivity contribution is -0.0463. The molecular formula is C18H36O. The van der Waals surface area contributed by atoms with Crippen LogP contribution in [0.4, 0.5) is 0 Å². The van der Waals surface area contributed by atoms with Gasteiger partial charge >= 0.3 is 0 Å². The van der Waals surface area contributed by atoms with E-state index >= 15 is 0 Å². The molecule has 0 heterocycles. The van der Waals surface area contributed by atoms with Crippen LogP contribution in [0.15, 0.2) is 12.7 Å². The van der Waals surface area contributed by atoms with Gasteiger partial charge in [-0.05, 0) is 25.2 Å². The van der Waals surface area contributed by atoms with Crippen LogP contribution in [0.2, 0.25) is 0 Å². The molecule has 0 spiro atoms. The van der Waals surface area contributed by atoms with E-state index in [1.54, 1.807) is 0 Å². The fourth-order valence-corrected chi connectivity index (χ4v) is 2.27. The fourth-order valence-electron chi connectivity index (χ4n) is 2.27. The first-order chi connectivity index (χ1) is 8.96. The van der Waals surface area contributed by atoms with E-state index in [4.69, 9.17) is 4.74 Å². The predicted octanol–water partition coefficient (Wildman–Crippen LogP) is 5.99. The minimum Gasteiger partial charge on any atom is -0.371 e. The summed E-state index contributed by atoms with van der Waals surface area (Å²) in [7, 11) is 0. The molecule has 0 saturated heterocycles. The lowest BCUT2D eigenvalue weighted by atomic mass is 9.86. The van der Waals surface area contributed by atoms with Crippen LogP contribution in [0.1, 0.15) is 79.6 Å². The topological polar surface area (TPSA) is 9.23 Å². The molecular weight excluding hydrogens is 232 g/mol.